The van der Waals surface area contributed by atoms with Gasteiger partial charge in [0.05, 0.1) is 0 Å². The first-order valence-electron chi connectivity index (χ1n) is 13.5. The molecule has 3 unspecified atom stereocenters. The number of esters is 3. The number of aliphatic hydroxyl groups is 1. The highest BCUT2D eigenvalue weighted by atomic mass is 16.6. The van der Waals surface area contributed by atoms with Crippen LogP contribution in [0.1, 0.15) is 104 Å². The summed E-state index contributed by atoms with van der Waals surface area (Å²) in [6.07, 6.45) is 16.8. The molecule has 1 saturated heterocycles. The van der Waals surface area contributed by atoms with E-state index in [0.29, 0.717) is 6.42 Å². The van der Waals surface area contributed by atoms with Crippen LogP contribution in [-0.4, -0.2) is 53.7 Å². The highest BCUT2D eigenvalue weighted by Crippen LogP contribution is 2.19. The molecule has 1 heterocycles. The lowest BCUT2D eigenvalue weighted by molar-refractivity contribution is -0.160. The van der Waals surface area contributed by atoms with Crippen LogP contribution >= 0.6 is 0 Å². The predicted molar refractivity (Wildman–Crippen MR) is 136 cm³/mol. The van der Waals surface area contributed by atoms with Gasteiger partial charge in [-0.3, -0.25) is 9.59 Å². The highest BCUT2D eigenvalue weighted by molar-refractivity contribution is 6.11. The molecular formula is C28H44O8. The molecule has 8 heteroatoms. The standard InChI is InChI=1S/C28H44O8/c1-3-5-7-8-9-10-11-12-13-14-15-16-18-19-23(30)34-21-22(29)26-25(32)27(28(33)36-26)35-24(31)20-17-6-4-2/h4,6,17,20,22,26-27,29H,3,5,7-16,18-19,21H2,1-2H3/b6-4+,20-17+. The smallest absolute Gasteiger partial charge is 0.356 e. The summed E-state index contributed by atoms with van der Waals surface area (Å²) >= 11 is 0. The third-order valence-electron chi connectivity index (χ3n) is 6.01. The highest BCUT2D eigenvalue weighted by Gasteiger charge is 2.49. The fourth-order valence-electron chi connectivity index (χ4n) is 3.91. The zero-order chi connectivity index (χ0) is 26.6. The summed E-state index contributed by atoms with van der Waals surface area (Å²) in [6.45, 7) is 3.51. The minimum atomic E-state index is -1.74. The molecule has 0 aromatic rings. The SMILES string of the molecule is C/C=C/C=C/C(=O)OC1C(=O)OC(C(O)COC(=O)CCCCCCCCCCCCCCC)C1=O. The van der Waals surface area contributed by atoms with Gasteiger partial charge in [-0.2, -0.15) is 0 Å². The molecule has 204 valence electrons. The Bertz CT molecular complexity index is 727. The summed E-state index contributed by atoms with van der Waals surface area (Å²) in [5.41, 5.74) is 0. The lowest BCUT2D eigenvalue weighted by Crippen LogP contribution is -2.39. The van der Waals surface area contributed by atoms with E-state index in [1.807, 2.05) is 0 Å². The van der Waals surface area contributed by atoms with Crippen molar-refractivity contribution in [3.8, 4) is 0 Å². The van der Waals surface area contributed by atoms with Crippen molar-refractivity contribution in [2.75, 3.05) is 6.61 Å². The first-order valence-corrected chi connectivity index (χ1v) is 13.5. The fourth-order valence-corrected chi connectivity index (χ4v) is 3.91. The number of unbranched alkanes of at least 4 members (excludes halogenated alkanes) is 12. The van der Waals surface area contributed by atoms with E-state index in [4.69, 9.17) is 14.2 Å². The molecule has 8 nitrogen and oxygen atoms in total. The first-order chi connectivity index (χ1) is 17.4. The lowest BCUT2D eigenvalue weighted by atomic mass is 10.0. The van der Waals surface area contributed by atoms with Crippen molar-refractivity contribution < 1.29 is 38.5 Å². The molecule has 1 aliphatic rings. The molecule has 1 rings (SSSR count). The van der Waals surface area contributed by atoms with Gasteiger partial charge in [-0.1, -0.05) is 102 Å². The molecule has 0 saturated carbocycles. The number of ketones is 1. The number of hydrogen-bond acceptors (Lipinski definition) is 8. The van der Waals surface area contributed by atoms with E-state index in [-0.39, 0.29) is 6.42 Å². The molecule has 0 bridgehead atoms. The van der Waals surface area contributed by atoms with Crippen molar-refractivity contribution in [1.29, 1.82) is 0 Å². The number of allylic oxidation sites excluding steroid dienone is 3. The van der Waals surface area contributed by atoms with Gasteiger partial charge >= 0.3 is 17.9 Å². The molecular weight excluding hydrogens is 464 g/mol. The zero-order valence-electron chi connectivity index (χ0n) is 22.0. The minimum absolute atomic E-state index is 0.224. The number of rotatable bonds is 20. The molecule has 1 N–H and O–H groups in total. The molecule has 0 aromatic carbocycles. The Balaban J connectivity index is 2.12. The maximum Gasteiger partial charge on any atom is 0.356 e. The third kappa shape index (κ3) is 13.6. The monoisotopic (exact) mass is 508 g/mol. The van der Waals surface area contributed by atoms with Crippen molar-refractivity contribution in [3.63, 3.8) is 0 Å². The van der Waals surface area contributed by atoms with Gasteiger partial charge in [0.15, 0.2) is 6.10 Å². The van der Waals surface area contributed by atoms with Crippen molar-refractivity contribution in [1.82, 2.24) is 0 Å². The number of carbonyl (C=O) groups excluding carboxylic acids is 4. The second kappa shape index (κ2) is 19.7. The Labute approximate surface area is 215 Å². The summed E-state index contributed by atoms with van der Waals surface area (Å²) in [6, 6.07) is 0. The van der Waals surface area contributed by atoms with E-state index in [0.717, 1.165) is 25.3 Å². The second-order valence-corrected chi connectivity index (χ2v) is 9.20. The van der Waals surface area contributed by atoms with Crippen LogP contribution in [-0.2, 0) is 33.4 Å². The Kier molecular flexibility index (Phi) is 17.2. The minimum Gasteiger partial charge on any atom is -0.463 e. The fraction of sp³-hybridized carbons (Fsp3) is 0.714. The van der Waals surface area contributed by atoms with E-state index in [2.05, 4.69) is 6.92 Å². The van der Waals surface area contributed by atoms with Crippen molar-refractivity contribution in [2.45, 2.75) is 122 Å². The van der Waals surface area contributed by atoms with Crippen LogP contribution in [0, 0.1) is 0 Å². The van der Waals surface area contributed by atoms with Crippen LogP contribution < -0.4 is 0 Å². The van der Waals surface area contributed by atoms with Crippen LogP contribution in [0.2, 0.25) is 0 Å². The zero-order valence-corrected chi connectivity index (χ0v) is 22.0. The Morgan fingerprint density at radius 2 is 1.47 bits per heavy atom. The van der Waals surface area contributed by atoms with E-state index in [9.17, 15) is 24.3 Å². The molecule has 36 heavy (non-hydrogen) atoms. The average molecular weight is 509 g/mol. The summed E-state index contributed by atoms with van der Waals surface area (Å²) in [5, 5.41) is 10.2. The largest absolute Gasteiger partial charge is 0.463 e. The quantitative estimate of drug-likeness (QED) is 0.0616. The van der Waals surface area contributed by atoms with Crippen molar-refractivity contribution >= 4 is 23.7 Å². The van der Waals surface area contributed by atoms with Crippen molar-refractivity contribution in [2.24, 2.45) is 0 Å². The van der Waals surface area contributed by atoms with E-state index in [1.54, 1.807) is 19.1 Å². The van der Waals surface area contributed by atoms with Gasteiger partial charge in [0.1, 0.15) is 12.7 Å². The normalized spacial score (nSPS) is 18.6. The number of hydrogen-bond donors (Lipinski definition) is 1. The van der Waals surface area contributed by atoms with Crippen LogP contribution in [0.3, 0.4) is 0 Å². The Morgan fingerprint density at radius 3 is 2.03 bits per heavy atom. The maximum atomic E-state index is 12.3. The van der Waals surface area contributed by atoms with Gasteiger partial charge in [0.2, 0.25) is 5.78 Å². The van der Waals surface area contributed by atoms with E-state index < -0.39 is 48.6 Å². The summed E-state index contributed by atoms with van der Waals surface area (Å²) in [5.74, 6) is -3.31. The van der Waals surface area contributed by atoms with Crippen LogP contribution in [0.5, 0.6) is 0 Å². The van der Waals surface area contributed by atoms with Crippen molar-refractivity contribution in [3.05, 3.63) is 24.3 Å². The number of aliphatic hydroxyl groups excluding tert-OH is 1. The molecule has 0 amide bonds. The summed E-state index contributed by atoms with van der Waals surface area (Å²) < 4.78 is 14.7. The summed E-state index contributed by atoms with van der Waals surface area (Å²) in [7, 11) is 0. The van der Waals surface area contributed by atoms with Gasteiger partial charge in [-0.25, -0.2) is 9.59 Å². The first kappa shape index (κ1) is 31.5. The average Bonchev–Trinajstić information content (AvgIpc) is 3.14. The number of carbonyl (C=O) groups is 4. The number of cyclic esters (lactones) is 1. The van der Waals surface area contributed by atoms with Crippen LogP contribution in [0.25, 0.3) is 0 Å². The molecule has 0 aromatic heterocycles. The predicted octanol–water partition coefficient (Wildman–Crippen LogP) is 4.91. The second-order valence-electron chi connectivity index (χ2n) is 9.20. The topological polar surface area (TPSA) is 116 Å². The maximum absolute atomic E-state index is 12.3. The molecule has 0 aliphatic carbocycles. The van der Waals surface area contributed by atoms with E-state index in [1.165, 1.54) is 63.9 Å². The van der Waals surface area contributed by atoms with Gasteiger partial charge in [-0.15, -0.1) is 0 Å². The van der Waals surface area contributed by atoms with Gasteiger partial charge in [-0.05, 0) is 13.3 Å². The van der Waals surface area contributed by atoms with Gasteiger partial charge < -0.3 is 19.3 Å². The molecule has 1 fully saturated rings. The molecule has 0 radical (unpaired) electrons. The Hall–Kier alpha value is -2.48. The number of Topliss-reactive ketones (excluding diaryl/α,β-unsaturated/α-hetero) is 1. The van der Waals surface area contributed by atoms with Crippen LogP contribution in [0.15, 0.2) is 24.3 Å². The molecule has 3 atom stereocenters. The lowest BCUT2D eigenvalue weighted by Gasteiger charge is -2.15. The van der Waals surface area contributed by atoms with E-state index >= 15 is 0 Å². The number of ether oxygens (including phenoxy) is 3. The van der Waals surface area contributed by atoms with Gasteiger partial charge in [0, 0.05) is 12.5 Å². The molecule has 0 spiro atoms. The van der Waals surface area contributed by atoms with Gasteiger partial charge in [0.25, 0.3) is 6.10 Å². The molecule has 1 aliphatic heterocycles. The summed E-state index contributed by atoms with van der Waals surface area (Å²) in [4.78, 5) is 47.8. The third-order valence-corrected chi connectivity index (χ3v) is 6.01. The Morgan fingerprint density at radius 1 is 0.917 bits per heavy atom. The van der Waals surface area contributed by atoms with Crippen LogP contribution in [0.4, 0.5) is 0 Å².